The van der Waals surface area contributed by atoms with Crippen molar-refractivity contribution < 1.29 is 14.0 Å². The highest BCUT2D eigenvalue weighted by atomic mass is 16.6. The molecule has 0 atom stereocenters. The highest BCUT2D eigenvalue weighted by molar-refractivity contribution is 5.65. The highest BCUT2D eigenvalue weighted by Gasteiger charge is 2.68. The first-order valence-corrected chi connectivity index (χ1v) is 11.0. The number of hydrogen-bond acceptors (Lipinski definition) is 2. The number of carbonyl (C=O) groups is 1. The van der Waals surface area contributed by atoms with Gasteiger partial charge in [0.05, 0.1) is 0 Å². The topological polar surface area (TPSA) is 26.3 Å². The number of ether oxygens (including phenoxy) is 1. The zero-order valence-corrected chi connectivity index (χ0v) is 17.9. The number of rotatable bonds is 6. The highest BCUT2D eigenvalue weighted by Crippen LogP contribution is 2.52. The van der Waals surface area contributed by atoms with Gasteiger partial charge >= 0.3 is 6.09 Å². The molecule has 3 heteroatoms. The van der Waals surface area contributed by atoms with Gasteiger partial charge in [-0.3, -0.25) is 0 Å². The van der Waals surface area contributed by atoms with Crippen LogP contribution >= 0.6 is 0 Å². The summed E-state index contributed by atoms with van der Waals surface area (Å²) in [4.78, 5) is 13.8. The van der Waals surface area contributed by atoms with Crippen molar-refractivity contribution in [2.24, 2.45) is 0 Å². The Kier molecular flexibility index (Phi) is 5.34. The predicted molar refractivity (Wildman–Crippen MR) is 126 cm³/mol. The van der Waals surface area contributed by atoms with Gasteiger partial charge in [0, 0.05) is 16.7 Å². The summed E-state index contributed by atoms with van der Waals surface area (Å²) < 4.78 is 6.18. The third-order valence-electron chi connectivity index (χ3n) is 6.44. The van der Waals surface area contributed by atoms with E-state index in [1.54, 1.807) is 0 Å². The molecule has 0 spiro atoms. The standard InChI is InChI=1S/C29H26NO2/c31-28(32-23-24-13-5-1-6-14-24)30(21-22-30)29(25-15-7-2-8-16-25,26-17-9-3-10-18-26)27-19-11-4-12-20-27/h1-20H,21-23H2/q+1. The quantitative estimate of drug-likeness (QED) is 0.213. The van der Waals surface area contributed by atoms with Crippen molar-refractivity contribution in [3.63, 3.8) is 0 Å². The lowest BCUT2D eigenvalue weighted by molar-refractivity contribution is -0.778. The Morgan fingerprint density at radius 2 is 1.00 bits per heavy atom. The molecular formula is C29H26NO2+. The lowest BCUT2D eigenvalue weighted by Gasteiger charge is -2.40. The zero-order valence-electron chi connectivity index (χ0n) is 17.9. The molecular weight excluding hydrogens is 394 g/mol. The van der Waals surface area contributed by atoms with Gasteiger partial charge in [-0.05, 0) is 5.56 Å². The third kappa shape index (κ3) is 3.31. The average Bonchev–Trinajstić information content (AvgIpc) is 3.68. The maximum Gasteiger partial charge on any atom is 0.518 e. The molecule has 4 aromatic rings. The summed E-state index contributed by atoms with van der Waals surface area (Å²) in [5.41, 5.74) is 3.58. The van der Waals surface area contributed by atoms with Crippen LogP contribution in [0.3, 0.4) is 0 Å². The van der Waals surface area contributed by atoms with Crippen LogP contribution in [-0.2, 0) is 16.9 Å². The summed E-state index contributed by atoms with van der Waals surface area (Å²) in [6.45, 7) is 1.73. The molecule has 5 rings (SSSR count). The number of nitrogens with zero attached hydrogens (tertiary/aromatic N) is 1. The Morgan fingerprint density at radius 3 is 1.38 bits per heavy atom. The minimum Gasteiger partial charge on any atom is -0.415 e. The van der Waals surface area contributed by atoms with E-state index in [1.165, 1.54) is 0 Å². The van der Waals surface area contributed by atoms with Gasteiger partial charge in [0.2, 0.25) is 0 Å². The summed E-state index contributed by atoms with van der Waals surface area (Å²) in [6, 6.07) is 41.0. The molecule has 1 heterocycles. The first-order valence-electron chi connectivity index (χ1n) is 11.0. The van der Waals surface area contributed by atoms with Gasteiger partial charge in [0.15, 0.2) is 5.54 Å². The number of hydrogen-bond donors (Lipinski definition) is 0. The second-order valence-electron chi connectivity index (χ2n) is 8.26. The summed E-state index contributed by atoms with van der Waals surface area (Å²) in [6.07, 6.45) is -0.189. The van der Waals surface area contributed by atoms with Crippen molar-refractivity contribution in [1.29, 1.82) is 0 Å². The largest absolute Gasteiger partial charge is 0.518 e. The second-order valence-corrected chi connectivity index (χ2v) is 8.26. The lowest BCUT2D eigenvalue weighted by Crippen LogP contribution is -2.54. The zero-order chi connectivity index (χ0) is 21.9. The van der Waals surface area contributed by atoms with Crippen LogP contribution in [0.4, 0.5) is 4.79 Å². The van der Waals surface area contributed by atoms with Crippen molar-refractivity contribution in [2.75, 3.05) is 13.1 Å². The van der Waals surface area contributed by atoms with E-state index in [-0.39, 0.29) is 17.2 Å². The normalized spacial score (nSPS) is 14.5. The van der Waals surface area contributed by atoms with Gasteiger partial charge in [0.25, 0.3) is 0 Å². The Balaban J connectivity index is 1.67. The maximum atomic E-state index is 13.8. The fraction of sp³-hybridized carbons (Fsp3) is 0.138. The molecule has 3 nitrogen and oxygen atoms in total. The summed E-state index contributed by atoms with van der Waals surface area (Å²) in [5, 5.41) is 0. The van der Waals surface area contributed by atoms with Crippen molar-refractivity contribution in [3.05, 3.63) is 144 Å². The van der Waals surface area contributed by atoms with Gasteiger partial charge in [-0.2, -0.15) is 9.28 Å². The SMILES string of the molecule is O=C(OCc1ccccc1)[N+]1(C(c2ccccc2)(c2ccccc2)c2ccccc2)CC1. The molecule has 1 aliphatic heterocycles. The van der Waals surface area contributed by atoms with Crippen molar-refractivity contribution in [1.82, 2.24) is 0 Å². The molecule has 0 N–H and O–H groups in total. The molecule has 0 aliphatic carbocycles. The van der Waals surface area contributed by atoms with E-state index in [2.05, 4.69) is 36.4 Å². The van der Waals surface area contributed by atoms with Crippen LogP contribution in [-0.4, -0.2) is 23.7 Å². The average molecular weight is 421 g/mol. The molecule has 0 radical (unpaired) electrons. The van der Waals surface area contributed by atoms with E-state index in [4.69, 9.17) is 4.74 Å². The molecule has 32 heavy (non-hydrogen) atoms. The smallest absolute Gasteiger partial charge is 0.415 e. The molecule has 0 saturated carbocycles. The van der Waals surface area contributed by atoms with Gasteiger partial charge in [-0.25, -0.2) is 0 Å². The van der Waals surface area contributed by atoms with Gasteiger partial charge < -0.3 is 4.74 Å². The van der Waals surface area contributed by atoms with Crippen LogP contribution in [0.1, 0.15) is 22.3 Å². The van der Waals surface area contributed by atoms with Gasteiger partial charge in [0.1, 0.15) is 19.7 Å². The molecule has 1 aliphatic rings. The Hall–Kier alpha value is -3.69. The maximum absolute atomic E-state index is 13.8. The van der Waals surface area contributed by atoms with E-state index in [0.717, 1.165) is 35.3 Å². The van der Waals surface area contributed by atoms with Crippen molar-refractivity contribution in [2.45, 2.75) is 12.1 Å². The molecule has 4 aromatic carbocycles. The molecule has 0 unspecified atom stereocenters. The van der Waals surface area contributed by atoms with Gasteiger partial charge in [-0.15, -0.1) is 0 Å². The Labute approximate surface area is 189 Å². The van der Waals surface area contributed by atoms with Gasteiger partial charge in [-0.1, -0.05) is 121 Å². The van der Waals surface area contributed by atoms with Crippen LogP contribution in [0.5, 0.6) is 0 Å². The van der Waals surface area contributed by atoms with Crippen LogP contribution < -0.4 is 0 Å². The molecule has 0 bridgehead atoms. The van der Waals surface area contributed by atoms with E-state index < -0.39 is 5.54 Å². The van der Waals surface area contributed by atoms with Crippen molar-refractivity contribution >= 4 is 6.09 Å². The Bertz CT molecular complexity index is 1070. The van der Waals surface area contributed by atoms with Crippen LogP contribution in [0, 0.1) is 0 Å². The number of quaternary nitrogens is 1. The second kappa shape index (κ2) is 8.45. The first kappa shape index (κ1) is 20.2. The van der Waals surface area contributed by atoms with E-state index in [0.29, 0.717) is 0 Å². The number of carbonyl (C=O) groups excluding carboxylic acids is 1. The van der Waals surface area contributed by atoms with Crippen LogP contribution in [0.2, 0.25) is 0 Å². The van der Waals surface area contributed by atoms with Crippen molar-refractivity contribution in [3.8, 4) is 0 Å². The molecule has 1 saturated heterocycles. The van der Waals surface area contributed by atoms with E-state index in [9.17, 15) is 4.79 Å². The fourth-order valence-electron chi connectivity index (χ4n) is 4.88. The minimum atomic E-state index is -0.683. The Morgan fingerprint density at radius 1 is 0.625 bits per heavy atom. The van der Waals surface area contributed by atoms with Crippen LogP contribution in [0.15, 0.2) is 121 Å². The summed E-state index contributed by atoms with van der Waals surface area (Å²) in [5.74, 6) is 0. The summed E-state index contributed by atoms with van der Waals surface area (Å²) >= 11 is 0. The molecule has 158 valence electrons. The summed E-state index contributed by atoms with van der Waals surface area (Å²) in [7, 11) is 0. The molecule has 0 aromatic heterocycles. The van der Waals surface area contributed by atoms with E-state index in [1.807, 2.05) is 84.9 Å². The fourth-order valence-corrected chi connectivity index (χ4v) is 4.88. The first-order chi connectivity index (χ1) is 15.8. The number of benzene rings is 4. The molecule has 1 fully saturated rings. The third-order valence-corrected chi connectivity index (χ3v) is 6.44. The molecule has 1 amide bonds. The monoisotopic (exact) mass is 420 g/mol. The lowest BCUT2D eigenvalue weighted by atomic mass is 9.75. The van der Waals surface area contributed by atoms with Crippen LogP contribution in [0.25, 0.3) is 0 Å². The number of amides is 1. The van der Waals surface area contributed by atoms with E-state index >= 15 is 0 Å². The minimum absolute atomic E-state index is 0.189. The predicted octanol–water partition coefficient (Wildman–Crippen LogP) is 6.15.